The molecule has 8 heteroatoms. The van der Waals surface area contributed by atoms with Crippen molar-refractivity contribution in [3.63, 3.8) is 0 Å². The summed E-state index contributed by atoms with van der Waals surface area (Å²) in [5.74, 6) is -0.600. The lowest BCUT2D eigenvalue weighted by atomic mass is 10.0. The highest BCUT2D eigenvalue weighted by Gasteiger charge is 2.33. The smallest absolute Gasteiger partial charge is 0.253 e. The molecule has 3 aromatic rings. The third-order valence-corrected chi connectivity index (χ3v) is 5.74. The first kappa shape index (κ1) is 19.7. The molecule has 0 saturated heterocycles. The Morgan fingerprint density at radius 2 is 2.17 bits per heavy atom. The Morgan fingerprint density at radius 3 is 2.70 bits per heavy atom. The number of amides is 1. The maximum Gasteiger partial charge on any atom is 0.253 e. The van der Waals surface area contributed by atoms with Crippen LogP contribution in [0.1, 0.15) is 58.4 Å². The largest absolute Gasteiger partial charge is 0.496 e. The summed E-state index contributed by atoms with van der Waals surface area (Å²) in [7, 11) is 1.47. The number of nitrogen functional groups attached to an aromatic ring is 1. The van der Waals surface area contributed by atoms with E-state index < -0.39 is 11.7 Å². The van der Waals surface area contributed by atoms with Crippen molar-refractivity contribution in [1.82, 2.24) is 9.55 Å². The van der Waals surface area contributed by atoms with Gasteiger partial charge in [0.1, 0.15) is 23.5 Å². The van der Waals surface area contributed by atoms with Crippen LogP contribution in [0.4, 0.5) is 10.2 Å². The number of aromatic nitrogens is 2. The average molecular weight is 407 g/mol. The summed E-state index contributed by atoms with van der Waals surface area (Å²) in [6, 6.07) is 3.56. The molecule has 2 aromatic heterocycles. The van der Waals surface area contributed by atoms with Crippen LogP contribution in [0.2, 0.25) is 0 Å². The fourth-order valence-electron chi connectivity index (χ4n) is 4.16. The summed E-state index contributed by atoms with van der Waals surface area (Å²) in [5.41, 5.74) is 15.0. The van der Waals surface area contributed by atoms with Gasteiger partial charge in [-0.15, -0.1) is 0 Å². The molecule has 7 nitrogen and oxygen atoms in total. The topological polar surface area (TPSA) is 120 Å². The standard InChI is InChI=1S/C22H22FN5O2/c1-4-12-16(30-3)7-15(23)10(2)19(12)28-20-13(8-24)18(11-5-6-11)27-9-14(20)17(21(28)25)22(26)29/h7,9,11H,4-6,25H2,1-3H3,(H2,26,29). The van der Waals surface area contributed by atoms with E-state index >= 15 is 0 Å². The van der Waals surface area contributed by atoms with Gasteiger partial charge in [0.25, 0.3) is 5.91 Å². The van der Waals surface area contributed by atoms with E-state index in [0.717, 1.165) is 12.8 Å². The molecule has 154 valence electrons. The van der Waals surface area contributed by atoms with Crippen molar-refractivity contribution in [2.75, 3.05) is 12.8 Å². The third-order valence-electron chi connectivity index (χ3n) is 5.74. The summed E-state index contributed by atoms with van der Waals surface area (Å²) in [4.78, 5) is 16.7. The van der Waals surface area contributed by atoms with Gasteiger partial charge < -0.3 is 16.2 Å². The Bertz CT molecular complexity index is 1250. The Hall–Kier alpha value is -3.60. The minimum absolute atomic E-state index is 0.0502. The fraction of sp³-hybridized carbons (Fsp3) is 0.318. The van der Waals surface area contributed by atoms with E-state index in [4.69, 9.17) is 16.2 Å². The number of pyridine rings is 1. The fourth-order valence-corrected chi connectivity index (χ4v) is 4.16. The maximum absolute atomic E-state index is 14.8. The van der Waals surface area contributed by atoms with E-state index in [9.17, 15) is 14.4 Å². The van der Waals surface area contributed by atoms with Gasteiger partial charge in [-0.1, -0.05) is 6.92 Å². The molecule has 0 atom stereocenters. The van der Waals surface area contributed by atoms with E-state index in [2.05, 4.69) is 11.1 Å². The maximum atomic E-state index is 14.8. The zero-order valence-corrected chi connectivity index (χ0v) is 17.0. The molecule has 0 bridgehead atoms. The lowest BCUT2D eigenvalue weighted by molar-refractivity contribution is 0.100. The second-order valence-electron chi connectivity index (χ2n) is 7.49. The van der Waals surface area contributed by atoms with Crippen LogP contribution in [0, 0.1) is 24.1 Å². The molecule has 1 fully saturated rings. The number of anilines is 1. The second-order valence-corrected chi connectivity index (χ2v) is 7.49. The van der Waals surface area contributed by atoms with Crippen LogP contribution < -0.4 is 16.2 Å². The van der Waals surface area contributed by atoms with Crippen LogP contribution in [-0.4, -0.2) is 22.6 Å². The van der Waals surface area contributed by atoms with Gasteiger partial charge in [-0.05, 0) is 26.2 Å². The molecule has 4 N–H and O–H groups in total. The molecule has 30 heavy (non-hydrogen) atoms. The monoisotopic (exact) mass is 407 g/mol. The number of carbonyl (C=O) groups is 1. The van der Waals surface area contributed by atoms with Crippen LogP contribution >= 0.6 is 0 Å². The summed E-state index contributed by atoms with van der Waals surface area (Å²) in [6.07, 6.45) is 3.94. The number of halogens is 1. The van der Waals surface area contributed by atoms with Crippen molar-refractivity contribution >= 4 is 22.6 Å². The van der Waals surface area contributed by atoms with Gasteiger partial charge in [-0.25, -0.2) is 4.39 Å². The molecule has 1 aliphatic carbocycles. The normalized spacial score (nSPS) is 13.4. The molecule has 0 aliphatic heterocycles. The van der Waals surface area contributed by atoms with Gasteiger partial charge in [0.05, 0.1) is 35.1 Å². The van der Waals surface area contributed by atoms with Gasteiger partial charge >= 0.3 is 0 Å². The number of benzene rings is 1. The molecule has 4 rings (SSSR count). The molecule has 1 aromatic carbocycles. The zero-order chi connectivity index (χ0) is 21.7. The molecule has 0 unspecified atom stereocenters. The number of nitriles is 1. The first-order chi connectivity index (χ1) is 14.3. The number of rotatable bonds is 5. The van der Waals surface area contributed by atoms with E-state index in [0.29, 0.717) is 51.1 Å². The molecule has 0 spiro atoms. The average Bonchev–Trinajstić information content (AvgIpc) is 3.52. The Kier molecular flexibility index (Phi) is 4.61. The summed E-state index contributed by atoms with van der Waals surface area (Å²) in [6.45, 7) is 3.55. The van der Waals surface area contributed by atoms with Crippen LogP contribution in [0.5, 0.6) is 5.75 Å². The number of methoxy groups -OCH3 is 1. The molecular formula is C22H22FN5O2. The van der Waals surface area contributed by atoms with Crippen LogP contribution in [0.3, 0.4) is 0 Å². The number of carbonyl (C=O) groups excluding carboxylic acids is 1. The number of fused-ring (bicyclic) bond motifs is 1. The Balaban J connectivity index is 2.24. The molecule has 1 aliphatic rings. The first-order valence-electron chi connectivity index (χ1n) is 9.74. The summed E-state index contributed by atoms with van der Waals surface area (Å²) in [5, 5.41) is 10.4. The summed E-state index contributed by atoms with van der Waals surface area (Å²) < 4.78 is 21.8. The van der Waals surface area contributed by atoms with E-state index in [1.807, 2.05) is 6.92 Å². The minimum atomic E-state index is -0.736. The first-order valence-corrected chi connectivity index (χ1v) is 9.74. The molecular weight excluding hydrogens is 385 g/mol. The number of hydrogen-bond donors (Lipinski definition) is 2. The number of ether oxygens (including phenoxy) is 1. The number of nitrogens with zero attached hydrogens (tertiary/aromatic N) is 3. The number of nitrogens with two attached hydrogens (primary N) is 2. The minimum Gasteiger partial charge on any atom is -0.496 e. The lowest BCUT2D eigenvalue weighted by Crippen LogP contribution is -2.14. The highest BCUT2D eigenvalue weighted by Crippen LogP contribution is 2.45. The lowest BCUT2D eigenvalue weighted by Gasteiger charge is -2.20. The third kappa shape index (κ3) is 2.70. The second kappa shape index (κ2) is 7.02. The predicted octanol–water partition coefficient (Wildman–Crippen LogP) is 3.47. The Morgan fingerprint density at radius 1 is 1.47 bits per heavy atom. The van der Waals surface area contributed by atoms with Crippen LogP contribution in [0.25, 0.3) is 16.6 Å². The van der Waals surface area contributed by atoms with Gasteiger partial charge in [0, 0.05) is 34.7 Å². The van der Waals surface area contributed by atoms with Gasteiger partial charge in [-0.2, -0.15) is 5.26 Å². The van der Waals surface area contributed by atoms with Gasteiger partial charge in [0.15, 0.2) is 0 Å². The van der Waals surface area contributed by atoms with Crippen molar-refractivity contribution in [2.45, 2.75) is 39.0 Å². The van der Waals surface area contributed by atoms with Crippen molar-refractivity contribution in [3.05, 3.63) is 46.0 Å². The SMILES string of the molecule is CCc1c(OC)cc(F)c(C)c1-n1c(N)c(C(N)=O)c2cnc(C3CC3)c(C#N)c21. The Labute approximate surface area is 173 Å². The molecule has 0 radical (unpaired) electrons. The predicted molar refractivity (Wildman–Crippen MR) is 111 cm³/mol. The van der Waals surface area contributed by atoms with E-state index in [1.165, 1.54) is 19.4 Å². The van der Waals surface area contributed by atoms with Crippen molar-refractivity contribution in [1.29, 1.82) is 5.26 Å². The summed E-state index contributed by atoms with van der Waals surface area (Å²) >= 11 is 0. The van der Waals surface area contributed by atoms with Crippen molar-refractivity contribution < 1.29 is 13.9 Å². The van der Waals surface area contributed by atoms with Crippen molar-refractivity contribution in [2.24, 2.45) is 5.73 Å². The van der Waals surface area contributed by atoms with Gasteiger partial charge in [-0.3, -0.25) is 14.3 Å². The quantitative estimate of drug-likeness (QED) is 0.671. The highest BCUT2D eigenvalue weighted by molar-refractivity contribution is 6.12. The van der Waals surface area contributed by atoms with Crippen LogP contribution in [-0.2, 0) is 6.42 Å². The van der Waals surface area contributed by atoms with Crippen LogP contribution in [0.15, 0.2) is 12.3 Å². The van der Waals surface area contributed by atoms with E-state index in [1.54, 1.807) is 11.5 Å². The van der Waals surface area contributed by atoms with E-state index in [-0.39, 0.29) is 17.3 Å². The van der Waals surface area contributed by atoms with Crippen molar-refractivity contribution in [3.8, 4) is 17.5 Å². The number of primary amides is 1. The molecule has 2 heterocycles. The molecule has 1 saturated carbocycles. The van der Waals surface area contributed by atoms with Gasteiger partial charge in [0.2, 0.25) is 0 Å². The number of hydrogen-bond acceptors (Lipinski definition) is 5. The highest BCUT2D eigenvalue weighted by atomic mass is 19.1. The zero-order valence-electron chi connectivity index (χ0n) is 17.0. The molecule has 1 amide bonds.